The van der Waals surface area contributed by atoms with Crippen molar-refractivity contribution in [2.45, 2.75) is 25.8 Å². The smallest absolute Gasteiger partial charge is 0.00685 e. The lowest BCUT2D eigenvalue weighted by Crippen LogP contribution is -1.78. The monoisotopic (exact) mass is 126 g/mol. The fourth-order valence-corrected chi connectivity index (χ4v) is 1.54. The summed E-state index contributed by atoms with van der Waals surface area (Å²) in [5.74, 6) is 0. The number of unbranched alkanes of at least 4 members (excludes halogenated alkanes) is 1. The van der Waals surface area contributed by atoms with E-state index in [1.807, 2.05) is 6.08 Å². The molecule has 0 aromatic rings. The van der Waals surface area contributed by atoms with Gasteiger partial charge in [0.2, 0.25) is 0 Å². The summed E-state index contributed by atoms with van der Waals surface area (Å²) in [6.45, 7) is 5.85. The van der Waals surface area contributed by atoms with E-state index in [9.17, 15) is 0 Å². The summed E-state index contributed by atoms with van der Waals surface area (Å²) in [6, 6.07) is 1.41. The van der Waals surface area contributed by atoms with Crippen LogP contribution in [0.15, 0.2) is 12.7 Å². The van der Waals surface area contributed by atoms with Gasteiger partial charge < -0.3 is 0 Å². The van der Waals surface area contributed by atoms with E-state index in [-0.39, 0.29) is 0 Å². The molecule has 0 radical (unpaired) electrons. The standard InChI is InChI=1S/C7H14Si/c1-3-5-7-8-6-4-2/h4,6,8H,2-3,5,7H2,1H3. The second-order valence-electron chi connectivity index (χ2n) is 1.81. The number of hydrogen-bond donors (Lipinski definition) is 0. The van der Waals surface area contributed by atoms with E-state index >= 15 is 0 Å². The third-order valence-electron chi connectivity index (χ3n) is 0.997. The van der Waals surface area contributed by atoms with Crippen molar-refractivity contribution in [2.24, 2.45) is 0 Å². The molecule has 46 valence electrons. The zero-order valence-corrected chi connectivity index (χ0v) is 6.72. The zero-order valence-electron chi connectivity index (χ0n) is 5.56. The second kappa shape index (κ2) is 6.83. The lowest BCUT2D eigenvalue weighted by Gasteiger charge is -1.83. The second-order valence-corrected chi connectivity index (χ2v) is 3.24. The molecule has 0 fully saturated rings. The molecule has 0 saturated carbocycles. The third kappa shape index (κ3) is 5.83. The van der Waals surface area contributed by atoms with Gasteiger partial charge in [-0.15, -0.1) is 0 Å². The maximum Gasteiger partial charge on any atom is -0.00685 e. The molecule has 0 aliphatic rings. The van der Waals surface area contributed by atoms with Gasteiger partial charge in [0.1, 0.15) is 0 Å². The molecule has 0 unspecified atom stereocenters. The third-order valence-corrected chi connectivity index (χ3v) is 2.28. The van der Waals surface area contributed by atoms with Crippen LogP contribution in [0.5, 0.6) is 0 Å². The summed E-state index contributed by atoms with van der Waals surface area (Å²) < 4.78 is 0. The predicted octanol–water partition coefficient (Wildman–Crippen LogP) is 1.63. The van der Waals surface area contributed by atoms with E-state index in [0.29, 0.717) is 9.13 Å². The molecule has 0 rings (SSSR count). The fraction of sp³-hybridized carbons (Fsp3) is 0.571. The molecule has 0 N–H and O–H groups in total. The molecule has 0 aliphatic heterocycles. The first-order chi connectivity index (χ1) is 3.91. The van der Waals surface area contributed by atoms with Crippen LogP contribution in [0.4, 0.5) is 0 Å². The van der Waals surface area contributed by atoms with Gasteiger partial charge in [0, 0.05) is 0 Å². The average Bonchev–Trinajstić information content (AvgIpc) is 1.81. The van der Waals surface area contributed by atoms with Gasteiger partial charge in [0.05, 0.1) is 0 Å². The largest absolute Gasteiger partial charge is 0.0995 e. The van der Waals surface area contributed by atoms with Crippen molar-refractivity contribution in [3.8, 4) is 0 Å². The Morgan fingerprint density at radius 1 is 1.62 bits per heavy atom. The Balaban J connectivity index is 2.91. The minimum Gasteiger partial charge on any atom is -0.0995 e. The number of hydrogen-bond acceptors (Lipinski definition) is 0. The van der Waals surface area contributed by atoms with Crippen LogP contribution >= 0.6 is 0 Å². The summed E-state index contributed by atoms with van der Waals surface area (Å²) >= 11 is 0. The Labute approximate surface area is 54.1 Å². The molecule has 0 aromatic carbocycles. The van der Waals surface area contributed by atoms with Gasteiger partial charge in [0.15, 0.2) is 0 Å². The van der Waals surface area contributed by atoms with Gasteiger partial charge in [-0.2, -0.15) is 0 Å². The molecule has 0 saturated heterocycles. The van der Waals surface area contributed by atoms with Crippen molar-refractivity contribution in [3.05, 3.63) is 12.7 Å². The van der Waals surface area contributed by atoms with E-state index in [0.717, 1.165) is 0 Å². The van der Waals surface area contributed by atoms with Crippen LogP contribution in [0.3, 0.4) is 0 Å². The van der Waals surface area contributed by atoms with Crippen molar-refractivity contribution >= 4 is 14.8 Å². The van der Waals surface area contributed by atoms with E-state index < -0.39 is 0 Å². The molecule has 0 atom stereocenters. The van der Waals surface area contributed by atoms with E-state index in [2.05, 4.69) is 19.2 Å². The zero-order chi connectivity index (χ0) is 6.24. The van der Waals surface area contributed by atoms with E-state index in [4.69, 9.17) is 0 Å². The summed E-state index contributed by atoms with van der Waals surface area (Å²) in [6.07, 6.45) is 4.63. The molecule has 0 aliphatic carbocycles. The van der Waals surface area contributed by atoms with Crippen molar-refractivity contribution < 1.29 is 0 Å². The Bertz CT molecular complexity index is 74.5. The van der Waals surface area contributed by atoms with Gasteiger partial charge in [-0.1, -0.05) is 38.1 Å². The molecule has 0 heterocycles. The van der Waals surface area contributed by atoms with Gasteiger partial charge >= 0.3 is 0 Å². The maximum atomic E-state index is 3.62. The highest BCUT2D eigenvalue weighted by atomic mass is 28.2. The molecule has 0 amide bonds. The van der Waals surface area contributed by atoms with Gasteiger partial charge in [0.25, 0.3) is 0 Å². The van der Waals surface area contributed by atoms with Crippen LogP contribution in [-0.4, -0.2) is 14.8 Å². The first kappa shape index (κ1) is 7.83. The summed E-state index contributed by atoms with van der Waals surface area (Å²) in [7, 11) is 0.577. The highest BCUT2D eigenvalue weighted by Crippen LogP contribution is 1.88. The highest BCUT2D eigenvalue weighted by molar-refractivity contribution is 6.49. The van der Waals surface area contributed by atoms with Gasteiger partial charge in [-0.25, -0.2) is 0 Å². The summed E-state index contributed by atoms with van der Waals surface area (Å²) in [5, 5.41) is 0. The van der Waals surface area contributed by atoms with Gasteiger partial charge in [-0.3, -0.25) is 0 Å². The SMILES string of the molecule is C=CC=[SiH]CCCC. The average molecular weight is 126 g/mol. The minimum atomic E-state index is 0.577. The normalized spacial score (nSPS) is 10.1. The van der Waals surface area contributed by atoms with E-state index in [1.165, 1.54) is 18.9 Å². The van der Waals surface area contributed by atoms with Crippen LogP contribution < -0.4 is 0 Å². The summed E-state index contributed by atoms with van der Waals surface area (Å²) in [5.41, 5.74) is 2.20. The molecular weight excluding hydrogens is 112 g/mol. The molecule has 0 bridgehead atoms. The fourth-order valence-electron chi connectivity index (χ4n) is 0.514. The number of rotatable bonds is 4. The lowest BCUT2D eigenvalue weighted by molar-refractivity contribution is 0.883. The van der Waals surface area contributed by atoms with Crippen molar-refractivity contribution in [1.82, 2.24) is 0 Å². The van der Waals surface area contributed by atoms with Crippen molar-refractivity contribution in [2.75, 3.05) is 0 Å². The minimum absolute atomic E-state index is 0.577. The molecule has 8 heavy (non-hydrogen) atoms. The Kier molecular flexibility index (Phi) is 6.68. The predicted molar refractivity (Wildman–Crippen MR) is 43.1 cm³/mol. The quantitative estimate of drug-likeness (QED) is 0.397. The van der Waals surface area contributed by atoms with Crippen LogP contribution in [-0.2, 0) is 0 Å². The van der Waals surface area contributed by atoms with E-state index in [1.54, 1.807) is 0 Å². The van der Waals surface area contributed by atoms with Crippen LogP contribution in [0, 0.1) is 0 Å². The summed E-state index contributed by atoms with van der Waals surface area (Å²) in [4.78, 5) is 0. The Morgan fingerprint density at radius 2 is 2.38 bits per heavy atom. The molecule has 0 aromatic heterocycles. The molecular formula is C7H14Si. The van der Waals surface area contributed by atoms with Crippen molar-refractivity contribution in [3.63, 3.8) is 0 Å². The van der Waals surface area contributed by atoms with Crippen LogP contribution in [0.1, 0.15) is 19.8 Å². The first-order valence-electron chi connectivity index (χ1n) is 3.19. The molecule has 0 nitrogen and oxygen atoms in total. The Hall–Kier alpha value is -0.173. The lowest BCUT2D eigenvalue weighted by atomic mass is 10.4. The molecule has 1 heteroatoms. The number of allylic oxidation sites excluding steroid dienone is 1. The Morgan fingerprint density at radius 3 is 2.88 bits per heavy atom. The van der Waals surface area contributed by atoms with Crippen molar-refractivity contribution in [1.29, 1.82) is 0 Å². The topological polar surface area (TPSA) is 0 Å². The maximum absolute atomic E-state index is 3.62. The van der Waals surface area contributed by atoms with Crippen LogP contribution in [0.25, 0.3) is 0 Å². The first-order valence-corrected chi connectivity index (χ1v) is 4.67. The van der Waals surface area contributed by atoms with Crippen LogP contribution in [0.2, 0.25) is 6.04 Å². The highest BCUT2D eigenvalue weighted by Gasteiger charge is 1.74. The molecule has 0 spiro atoms. The van der Waals surface area contributed by atoms with Gasteiger partial charge in [-0.05, 0) is 15.2 Å².